The van der Waals surface area contributed by atoms with Crippen LogP contribution in [0.4, 0.5) is 0 Å². The Labute approximate surface area is 213 Å². The van der Waals surface area contributed by atoms with Crippen LogP contribution in [0.5, 0.6) is 0 Å². The standard InChI is InChI=1S/C30H44O4Si/c1-25-17-18-26(19-20-32-24-33-22-21-31-6)30(25,5)23-34-35(29(2,3)4,27-13-9-7-10-14-27)28-15-11-8-12-16-28/h7-16,26H,1,17-24H2,2-6H3/t26-,30+/m1/s1. The number of benzene rings is 2. The van der Waals surface area contributed by atoms with Crippen LogP contribution in [0.15, 0.2) is 72.8 Å². The van der Waals surface area contributed by atoms with Crippen molar-refractivity contribution in [3.8, 4) is 0 Å². The molecule has 0 N–H and O–H groups in total. The maximum Gasteiger partial charge on any atom is 0.261 e. The number of hydrogen-bond acceptors (Lipinski definition) is 4. The fourth-order valence-corrected chi connectivity index (χ4v) is 10.2. The topological polar surface area (TPSA) is 36.9 Å². The van der Waals surface area contributed by atoms with Crippen molar-refractivity contribution in [2.45, 2.75) is 52.0 Å². The number of ether oxygens (including phenoxy) is 3. The van der Waals surface area contributed by atoms with Crippen LogP contribution in [0.1, 0.15) is 47.0 Å². The normalized spacial score (nSPS) is 20.9. The van der Waals surface area contributed by atoms with Gasteiger partial charge in [-0.05, 0) is 40.6 Å². The number of hydrogen-bond donors (Lipinski definition) is 0. The summed E-state index contributed by atoms with van der Waals surface area (Å²) in [5, 5.41) is 2.60. The van der Waals surface area contributed by atoms with Crippen molar-refractivity contribution in [1.29, 1.82) is 0 Å². The molecule has 0 unspecified atom stereocenters. The van der Waals surface area contributed by atoms with Crippen LogP contribution >= 0.6 is 0 Å². The molecule has 2 atom stereocenters. The third-order valence-electron chi connectivity index (χ3n) is 7.72. The van der Waals surface area contributed by atoms with Crippen LogP contribution in [0.2, 0.25) is 5.04 Å². The van der Waals surface area contributed by atoms with Crippen LogP contribution < -0.4 is 10.4 Å². The Kier molecular flexibility index (Phi) is 9.91. The molecule has 0 bridgehead atoms. The van der Waals surface area contributed by atoms with Gasteiger partial charge < -0.3 is 18.6 Å². The van der Waals surface area contributed by atoms with E-state index in [0.717, 1.165) is 19.3 Å². The van der Waals surface area contributed by atoms with E-state index in [9.17, 15) is 0 Å². The molecule has 1 aliphatic rings. The molecule has 5 heteroatoms. The zero-order valence-electron chi connectivity index (χ0n) is 22.3. The van der Waals surface area contributed by atoms with E-state index < -0.39 is 8.32 Å². The molecule has 1 aliphatic carbocycles. The molecule has 1 fully saturated rings. The first-order valence-corrected chi connectivity index (χ1v) is 14.7. The fraction of sp³-hybridized carbons (Fsp3) is 0.533. The predicted octanol–water partition coefficient (Wildman–Crippen LogP) is 5.56. The Bertz CT molecular complexity index is 869. The summed E-state index contributed by atoms with van der Waals surface area (Å²) in [5.41, 5.74) is 1.23. The van der Waals surface area contributed by atoms with Crippen molar-refractivity contribution < 1.29 is 18.6 Å². The Balaban J connectivity index is 1.81. The van der Waals surface area contributed by atoms with Crippen molar-refractivity contribution >= 4 is 18.7 Å². The lowest BCUT2D eigenvalue weighted by Gasteiger charge is -2.46. The first kappa shape index (κ1) is 27.8. The van der Waals surface area contributed by atoms with Crippen molar-refractivity contribution in [1.82, 2.24) is 0 Å². The monoisotopic (exact) mass is 496 g/mol. The molecule has 0 amide bonds. The highest BCUT2D eigenvalue weighted by atomic mass is 28.4. The van der Waals surface area contributed by atoms with E-state index in [-0.39, 0.29) is 10.5 Å². The van der Waals surface area contributed by atoms with Gasteiger partial charge in [-0.25, -0.2) is 0 Å². The van der Waals surface area contributed by atoms with Crippen molar-refractivity contribution in [2.75, 3.05) is 40.3 Å². The summed E-state index contributed by atoms with van der Waals surface area (Å²) >= 11 is 0. The van der Waals surface area contributed by atoms with Gasteiger partial charge in [-0.3, -0.25) is 0 Å². The van der Waals surface area contributed by atoms with E-state index in [1.807, 2.05) is 0 Å². The van der Waals surface area contributed by atoms with Gasteiger partial charge >= 0.3 is 0 Å². The van der Waals surface area contributed by atoms with Gasteiger partial charge in [0.15, 0.2) is 0 Å². The van der Waals surface area contributed by atoms with Gasteiger partial charge in [0.1, 0.15) is 6.79 Å². The summed E-state index contributed by atoms with van der Waals surface area (Å²) in [6.45, 7) is 16.7. The molecular weight excluding hydrogens is 452 g/mol. The summed E-state index contributed by atoms with van der Waals surface area (Å²) < 4.78 is 23.6. The summed E-state index contributed by atoms with van der Waals surface area (Å²) in [6.07, 6.45) is 3.16. The molecule has 3 rings (SSSR count). The summed E-state index contributed by atoms with van der Waals surface area (Å²) in [6, 6.07) is 21.8. The molecule has 192 valence electrons. The van der Waals surface area contributed by atoms with Gasteiger partial charge in [0.05, 0.1) is 13.2 Å². The van der Waals surface area contributed by atoms with Crippen LogP contribution in [0.25, 0.3) is 0 Å². The first-order valence-electron chi connectivity index (χ1n) is 12.8. The van der Waals surface area contributed by atoms with E-state index in [2.05, 4.69) is 94.9 Å². The summed E-state index contributed by atoms with van der Waals surface area (Å²) in [7, 11) is -0.911. The molecule has 0 aliphatic heterocycles. The average molecular weight is 497 g/mol. The Morgan fingerprint density at radius 1 is 0.914 bits per heavy atom. The predicted molar refractivity (Wildman–Crippen MR) is 147 cm³/mol. The Morgan fingerprint density at radius 3 is 2.03 bits per heavy atom. The van der Waals surface area contributed by atoms with Gasteiger partial charge in [0.25, 0.3) is 8.32 Å². The summed E-state index contributed by atoms with van der Waals surface area (Å²) in [4.78, 5) is 0. The average Bonchev–Trinajstić information content (AvgIpc) is 3.13. The van der Waals surface area contributed by atoms with Crippen LogP contribution in [-0.2, 0) is 18.6 Å². The second-order valence-corrected chi connectivity index (χ2v) is 15.2. The van der Waals surface area contributed by atoms with Gasteiger partial charge in [-0.1, -0.05) is 101 Å². The van der Waals surface area contributed by atoms with Gasteiger partial charge in [0.2, 0.25) is 0 Å². The molecule has 0 aromatic heterocycles. The van der Waals surface area contributed by atoms with E-state index >= 15 is 0 Å². The zero-order chi connectivity index (χ0) is 25.4. The lowest BCUT2D eigenvalue weighted by molar-refractivity contribution is -0.0706. The maximum atomic E-state index is 7.32. The molecule has 0 heterocycles. The zero-order valence-corrected chi connectivity index (χ0v) is 23.3. The van der Waals surface area contributed by atoms with E-state index in [1.54, 1.807) is 7.11 Å². The first-order chi connectivity index (χ1) is 16.8. The second-order valence-electron chi connectivity index (χ2n) is 10.9. The Morgan fingerprint density at radius 2 is 1.49 bits per heavy atom. The molecule has 0 saturated heterocycles. The molecule has 0 spiro atoms. The van der Waals surface area contributed by atoms with Gasteiger partial charge in [0, 0.05) is 25.7 Å². The second kappa shape index (κ2) is 12.5. The number of rotatable bonds is 13. The molecule has 1 saturated carbocycles. The van der Waals surface area contributed by atoms with Gasteiger partial charge in [-0.2, -0.15) is 0 Å². The van der Waals surface area contributed by atoms with E-state index in [4.69, 9.17) is 18.6 Å². The minimum Gasteiger partial charge on any atom is -0.407 e. The van der Waals surface area contributed by atoms with Crippen molar-refractivity contribution in [3.05, 3.63) is 72.8 Å². The number of methoxy groups -OCH3 is 1. The van der Waals surface area contributed by atoms with Crippen molar-refractivity contribution in [3.63, 3.8) is 0 Å². The SMILES string of the molecule is C=C1CC[C@H](CCOCOCCOC)[C@@]1(C)CO[Si](c1ccccc1)(c1ccccc1)C(C)(C)C. The third kappa shape index (κ3) is 6.33. The Hall–Kier alpha value is -1.76. The lowest BCUT2D eigenvalue weighted by Crippen LogP contribution is -2.67. The lowest BCUT2D eigenvalue weighted by atomic mass is 9.77. The molecule has 0 radical (unpaired) electrons. The highest BCUT2D eigenvalue weighted by Crippen LogP contribution is 2.49. The molecule has 4 nitrogen and oxygen atoms in total. The fourth-order valence-electron chi connectivity index (χ4n) is 5.49. The van der Waals surface area contributed by atoms with Gasteiger partial charge in [-0.15, -0.1) is 0 Å². The smallest absolute Gasteiger partial charge is 0.261 e. The highest BCUT2D eigenvalue weighted by molar-refractivity contribution is 6.99. The minimum atomic E-state index is -2.58. The highest BCUT2D eigenvalue weighted by Gasteiger charge is 2.52. The van der Waals surface area contributed by atoms with Crippen LogP contribution in [0.3, 0.4) is 0 Å². The molecular formula is C30H44O4Si. The maximum absolute atomic E-state index is 7.32. The van der Waals surface area contributed by atoms with E-state index in [0.29, 0.717) is 39.1 Å². The summed E-state index contributed by atoms with van der Waals surface area (Å²) in [5.74, 6) is 0.479. The molecule has 35 heavy (non-hydrogen) atoms. The van der Waals surface area contributed by atoms with Crippen molar-refractivity contribution in [2.24, 2.45) is 11.3 Å². The van der Waals surface area contributed by atoms with E-state index in [1.165, 1.54) is 15.9 Å². The molecule has 2 aromatic carbocycles. The van der Waals surface area contributed by atoms with Crippen LogP contribution in [-0.4, -0.2) is 48.6 Å². The minimum absolute atomic E-state index is 0.0375. The largest absolute Gasteiger partial charge is 0.407 e. The third-order valence-corrected chi connectivity index (χ3v) is 12.7. The molecule has 2 aromatic rings. The quantitative estimate of drug-likeness (QED) is 0.157. The van der Waals surface area contributed by atoms with Crippen LogP contribution in [0, 0.1) is 11.3 Å².